The zero-order chi connectivity index (χ0) is 19.0. The highest BCUT2D eigenvalue weighted by Gasteiger charge is 2.28. The summed E-state index contributed by atoms with van der Waals surface area (Å²) in [6.07, 6.45) is -4.67. The number of alkyl halides is 5. The fourth-order valence-corrected chi connectivity index (χ4v) is 1.43. The van der Waals surface area contributed by atoms with Gasteiger partial charge in [0.05, 0.1) is 0 Å². The van der Waals surface area contributed by atoms with Crippen LogP contribution in [0.1, 0.15) is 10.4 Å². The molecule has 0 atom stereocenters. The van der Waals surface area contributed by atoms with Crippen LogP contribution in [0.4, 0.5) is 26.7 Å². The average molecular weight is 370 g/mol. The summed E-state index contributed by atoms with van der Waals surface area (Å²) in [7, 11) is 0. The number of rotatable bonds is 6. The van der Waals surface area contributed by atoms with Crippen LogP contribution in [0.5, 0.6) is 5.75 Å². The fraction of sp³-hybridized carbons (Fsp3) is 0.308. The molecule has 0 aliphatic heterocycles. The van der Waals surface area contributed by atoms with Gasteiger partial charge in [0.15, 0.2) is 6.61 Å². The van der Waals surface area contributed by atoms with Crippen molar-refractivity contribution in [2.24, 2.45) is 0 Å². The number of amides is 3. The number of urea groups is 1. The zero-order valence-electron chi connectivity index (χ0n) is 12.2. The number of esters is 1. The molecule has 2 N–H and O–H groups in total. The van der Waals surface area contributed by atoms with Crippen molar-refractivity contribution in [3.05, 3.63) is 29.8 Å². The van der Waals surface area contributed by atoms with Gasteiger partial charge in [0, 0.05) is 0 Å². The van der Waals surface area contributed by atoms with Crippen molar-refractivity contribution in [2.75, 3.05) is 13.2 Å². The van der Waals surface area contributed by atoms with E-state index in [1.807, 2.05) is 0 Å². The lowest BCUT2D eigenvalue weighted by molar-refractivity contribution is -0.125. The second kappa shape index (κ2) is 8.80. The van der Waals surface area contributed by atoms with E-state index in [1.54, 1.807) is 0 Å². The van der Waals surface area contributed by atoms with Crippen molar-refractivity contribution in [2.45, 2.75) is 12.8 Å². The lowest BCUT2D eigenvalue weighted by Crippen LogP contribution is -2.44. The van der Waals surface area contributed by atoms with Crippen LogP contribution in [-0.4, -0.2) is 43.8 Å². The maximum absolute atomic E-state index is 12.2. The predicted octanol–water partition coefficient (Wildman–Crippen LogP) is 1.83. The molecule has 0 radical (unpaired) electrons. The minimum absolute atomic E-state index is 0.405. The quantitative estimate of drug-likeness (QED) is 0.589. The summed E-state index contributed by atoms with van der Waals surface area (Å²) in [5.41, 5.74) is -0.405. The van der Waals surface area contributed by atoms with Gasteiger partial charge in [-0.15, -0.1) is 0 Å². The molecule has 3 amide bonds. The maximum Gasteiger partial charge on any atom is 0.405 e. The molecule has 7 nitrogen and oxygen atoms in total. The summed E-state index contributed by atoms with van der Waals surface area (Å²) in [5.74, 6) is -2.92. The fourth-order valence-electron chi connectivity index (χ4n) is 1.43. The number of hydrogen-bond donors (Lipinski definition) is 2. The highest BCUT2D eigenvalue weighted by Crippen LogP contribution is 2.21. The van der Waals surface area contributed by atoms with Crippen LogP contribution in [0, 0.1) is 0 Å². The van der Waals surface area contributed by atoms with Crippen LogP contribution in [0.15, 0.2) is 24.3 Å². The highest BCUT2D eigenvalue weighted by atomic mass is 19.4. The number of imide groups is 1. The van der Waals surface area contributed by atoms with Crippen LogP contribution >= 0.6 is 0 Å². The van der Waals surface area contributed by atoms with Gasteiger partial charge < -0.3 is 14.8 Å². The van der Waals surface area contributed by atoms with Gasteiger partial charge in [-0.1, -0.05) is 12.1 Å². The molecule has 0 saturated carbocycles. The van der Waals surface area contributed by atoms with Crippen LogP contribution < -0.4 is 15.4 Å². The summed E-state index contributed by atoms with van der Waals surface area (Å²) in [6, 6.07) is 3.34. The Hall–Kier alpha value is -2.92. The molecule has 1 aromatic carbocycles. The van der Waals surface area contributed by atoms with E-state index >= 15 is 0 Å². The van der Waals surface area contributed by atoms with E-state index in [0.29, 0.717) is 0 Å². The molecule has 0 spiro atoms. The normalized spacial score (nSPS) is 11.0. The third-order valence-corrected chi connectivity index (χ3v) is 2.36. The number of para-hydroxylation sites is 1. The van der Waals surface area contributed by atoms with Crippen LogP contribution in [0.2, 0.25) is 0 Å². The first-order valence-corrected chi connectivity index (χ1v) is 6.44. The second-order valence-corrected chi connectivity index (χ2v) is 4.30. The first-order valence-electron chi connectivity index (χ1n) is 6.44. The van der Waals surface area contributed by atoms with Crippen molar-refractivity contribution in [3.63, 3.8) is 0 Å². The maximum atomic E-state index is 12.2. The molecular formula is C13H11F5N2O5. The molecule has 0 aliphatic rings. The Morgan fingerprint density at radius 3 is 2.36 bits per heavy atom. The molecule has 1 aromatic rings. The van der Waals surface area contributed by atoms with Gasteiger partial charge in [-0.25, -0.2) is 9.59 Å². The highest BCUT2D eigenvalue weighted by molar-refractivity contribution is 5.97. The summed E-state index contributed by atoms with van der Waals surface area (Å²) < 4.78 is 68.6. The Bertz CT molecular complexity index is 635. The zero-order valence-corrected chi connectivity index (χ0v) is 12.2. The van der Waals surface area contributed by atoms with Crippen molar-refractivity contribution < 1.29 is 45.8 Å². The number of hydrogen-bond acceptors (Lipinski definition) is 5. The first-order chi connectivity index (χ1) is 11.6. The van der Waals surface area contributed by atoms with Gasteiger partial charge in [0.1, 0.15) is 17.9 Å². The second-order valence-electron chi connectivity index (χ2n) is 4.30. The molecule has 0 bridgehead atoms. The molecule has 0 aromatic heterocycles. The summed E-state index contributed by atoms with van der Waals surface area (Å²) >= 11 is 0. The molecule has 0 heterocycles. The standard InChI is InChI=1S/C13H11F5N2O5/c14-11(15)25-8-4-2-1-3-7(8)10(22)24-5-9(21)20-12(23)19-6-13(16,17)18/h1-4,11H,5-6H2,(H2,19,20,21,23). The van der Waals surface area contributed by atoms with E-state index in [1.165, 1.54) is 22.8 Å². The number of carbonyl (C=O) groups is 3. The average Bonchev–Trinajstić information content (AvgIpc) is 2.50. The van der Waals surface area contributed by atoms with Gasteiger partial charge >= 0.3 is 24.8 Å². The topological polar surface area (TPSA) is 93.7 Å². The van der Waals surface area contributed by atoms with Gasteiger partial charge in [0.25, 0.3) is 5.91 Å². The first kappa shape index (κ1) is 20.1. The van der Waals surface area contributed by atoms with Crippen LogP contribution in [0.3, 0.4) is 0 Å². The lowest BCUT2D eigenvalue weighted by atomic mass is 10.2. The molecule has 0 fully saturated rings. The van der Waals surface area contributed by atoms with E-state index < -0.39 is 55.2 Å². The van der Waals surface area contributed by atoms with Crippen molar-refractivity contribution in [1.82, 2.24) is 10.6 Å². The molecule has 1 rings (SSSR count). The van der Waals surface area contributed by atoms with Gasteiger partial charge in [-0.05, 0) is 12.1 Å². The van der Waals surface area contributed by atoms with E-state index in [2.05, 4.69) is 9.47 Å². The van der Waals surface area contributed by atoms with E-state index in [4.69, 9.17) is 0 Å². The Labute approximate surface area is 137 Å². The molecule has 138 valence electrons. The monoisotopic (exact) mass is 370 g/mol. The number of ether oxygens (including phenoxy) is 2. The Balaban J connectivity index is 2.51. The largest absolute Gasteiger partial charge is 0.452 e. The number of halogens is 5. The number of nitrogens with one attached hydrogen (secondary N) is 2. The third-order valence-electron chi connectivity index (χ3n) is 2.36. The molecule has 0 aliphatic carbocycles. The minimum Gasteiger partial charge on any atom is -0.452 e. The third kappa shape index (κ3) is 7.94. The van der Waals surface area contributed by atoms with E-state index in [9.17, 15) is 36.3 Å². The van der Waals surface area contributed by atoms with Gasteiger partial charge in [0.2, 0.25) is 0 Å². The lowest BCUT2D eigenvalue weighted by Gasteiger charge is -2.11. The predicted molar refractivity (Wildman–Crippen MR) is 71.0 cm³/mol. The molecule has 0 unspecified atom stereocenters. The molecular weight excluding hydrogens is 359 g/mol. The van der Waals surface area contributed by atoms with E-state index in [-0.39, 0.29) is 0 Å². The minimum atomic E-state index is -4.67. The number of benzene rings is 1. The van der Waals surface area contributed by atoms with Crippen LogP contribution in [0.25, 0.3) is 0 Å². The van der Waals surface area contributed by atoms with Crippen LogP contribution in [-0.2, 0) is 9.53 Å². The van der Waals surface area contributed by atoms with Gasteiger partial charge in [-0.3, -0.25) is 10.1 Å². The molecule has 12 heteroatoms. The van der Waals surface area contributed by atoms with Crippen molar-refractivity contribution >= 4 is 17.9 Å². The van der Waals surface area contributed by atoms with E-state index in [0.717, 1.165) is 12.1 Å². The SMILES string of the molecule is O=C(COC(=O)c1ccccc1OC(F)F)NC(=O)NCC(F)(F)F. The van der Waals surface area contributed by atoms with Crippen molar-refractivity contribution in [1.29, 1.82) is 0 Å². The molecule has 25 heavy (non-hydrogen) atoms. The summed E-state index contributed by atoms with van der Waals surface area (Å²) in [6.45, 7) is -5.89. The summed E-state index contributed by atoms with van der Waals surface area (Å²) in [4.78, 5) is 34.0. The molecule has 0 saturated heterocycles. The Kier molecular flexibility index (Phi) is 7.08. The Morgan fingerprint density at radius 2 is 1.76 bits per heavy atom. The Morgan fingerprint density at radius 1 is 1.12 bits per heavy atom. The smallest absolute Gasteiger partial charge is 0.405 e. The number of carbonyl (C=O) groups excluding carboxylic acids is 3. The van der Waals surface area contributed by atoms with Gasteiger partial charge in [-0.2, -0.15) is 22.0 Å². The van der Waals surface area contributed by atoms with Crippen molar-refractivity contribution in [3.8, 4) is 5.75 Å². The summed E-state index contributed by atoms with van der Waals surface area (Å²) in [5, 5.41) is 2.85.